The van der Waals surface area contributed by atoms with Crippen LogP contribution >= 0.6 is 0 Å². The molecule has 0 aliphatic carbocycles. The smallest absolute Gasteiger partial charge is 0.251 e. The lowest BCUT2D eigenvalue weighted by Gasteiger charge is -2.49. The predicted octanol–water partition coefficient (Wildman–Crippen LogP) is 3.77. The lowest BCUT2D eigenvalue weighted by atomic mass is 9.81. The maximum atomic E-state index is 12.5. The van der Waals surface area contributed by atoms with E-state index in [1.54, 1.807) is 0 Å². The van der Waals surface area contributed by atoms with E-state index < -0.39 is 0 Å². The Kier molecular flexibility index (Phi) is 5.05. The number of amides is 1. The van der Waals surface area contributed by atoms with Gasteiger partial charge in [0.2, 0.25) is 0 Å². The van der Waals surface area contributed by atoms with Gasteiger partial charge < -0.3 is 5.32 Å². The van der Waals surface area contributed by atoms with Crippen molar-refractivity contribution in [3.05, 3.63) is 35.4 Å². The summed E-state index contributed by atoms with van der Waals surface area (Å²) in [5.41, 5.74) is 1.98. The summed E-state index contributed by atoms with van der Waals surface area (Å²) in [7, 11) is 0. The molecular weight excluding hydrogens is 284 g/mol. The lowest BCUT2D eigenvalue weighted by molar-refractivity contribution is 0.0158. The third-order valence-electron chi connectivity index (χ3n) is 5.35. The summed E-state index contributed by atoms with van der Waals surface area (Å²) >= 11 is 0. The first-order chi connectivity index (χ1) is 11.0. The fraction of sp³-hybridized carbons (Fsp3) is 0.650. The lowest BCUT2D eigenvalue weighted by Crippen LogP contribution is -2.57. The van der Waals surface area contributed by atoms with Gasteiger partial charge >= 0.3 is 0 Å². The second kappa shape index (κ2) is 7.04. The summed E-state index contributed by atoms with van der Waals surface area (Å²) in [6, 6.07) is 9.53. The van der Waals surface area contributed by atoms with E-state index in [2.05, 4.69) is 24.1 Å². The number of carbonyl (C=O) groups is 1. The number of nitrogens with one attached hydrogen (secondary N) is 1. The minimum Gasteiger partial charge on any atom is -0.349 e. The molecule has 2 aliphatic rings. The van der Waals surface area contributed by atoms with Crippen LogP contribution < -0.4 is 5.32 Å². The van der Waals surface area contributed by atoms with E-state index in [1.807, 2.05) is 31.2 Å². The van der Waals surface area contributed by atoms with Crippen molar-refractivity contribution in [1.29, 1.82) is 0 Å². The Labute approximate surface area is 140 Å². The first-order valence-corrected chi connectivity index (χ1v) is 9.16. The average molecular weight is 314 g/mol. The van der Waals surface area contributed by atoms with Gasteiger partial charge in [-0.05, 0) is 50.7 Å². The highest BCUT2D eigenvalue weighted by Crippen LogP contribution is 2.34. The van der Waals surface area contributed by atoms with Crippen molar-refractivity contribution < 1.29 is 4.79 Å². The zero-order valence-corrected chi connectivity index (χ0v) is 14.7. The minimum absolute atomic E-state index is 0.0883. The highest BCUT2D eigenvalue weighted by Gasteiger charge is 2.38. The summed E-state index contributed by atoms with van der Waals surface area (Å²) in [5.74, 6) is 0.808. The second-order valence-electron chi connectivity index (χ2n) is 7.84. The third kappa shape index (κ3) is 3.95. The van der Waals surface area contributed by atoms with Crippen LogP contribution in [0, 0.1) is 12.8 Å². The van der Waals surface area contributed by atoms with Crippen molar-refractivity contribution in [3.8, 4) is 0 Å². The van der Waals surface area contributed by atoms with Crippen molar-refractivity contribution >= 4 is 5.91 Å². The Bertz CT molecular complexity index is 523. The van der Waals surface area contributed by atoms with Gasteiger partial charge in [0.25, 0.3) is 5.91 Å². The molecule has 23 heavy (non-hydrogen) atoms. The number of rotatable bonds is 4. The molecule has 2 aliphatic heterocycles. The van der Waals surface area contributed by atoms with Gasteiger partial charge in [0.15, 0.2) is 0 Å². The van der Waals surface area contributed by atoms with Crippen LogP contribution in [0.5, 0.6) is 0 Å². The second-order valence-corrected chi connectivity index (χ2v) is 7.84. The van der Waals surface area contributed by atoms with Crippen molar-refractivity contribution in [1.82, 2.24) is 10.2 Å². The molecule has 2 bridgehead atoms. The van der Waals surface area contributed by atoms with E-state index in [1.165, 1.54) is 31.4 Å². The molecule has 126 valence electrons. The Morgan fingerprint density at radius 2 is 1.78 bits per heavy atom. The van der Waals surface area contributed by atoms with E-state index in [0.717, 1.165) is 24.3 Å². The third-order valence-corrected chi connectivity index (χ3v) is 5.35. The maximum absolute atomic E-state index is 12.5. The molecule has 1 N–H and O–H groups in total. The van der Waals surface area contributed by atoms with Gasteiger partial charge in [-0.15, -0.1) is 0 Å². The van der Waals surface area contributed by atoms with Crippen molar-refractivity contribution in [2.24, 2.45) is 5.92 Å². The Balaban J connectivity index is 1.62. The van der Waals surface area contributed by atoms with E-state index in [0.29, 0.717) is 18.1 Å². The van der Waals surface area contributed by atoms with Crippen molar-refractivity contribution in [3.63, 3.8) is 0 Å². The van der Waals surface area contributed by atoms with Gasteiger partial charge in [0, 0.05) is 30.2 Å². The molecule has 1 aromatic carbocycles. The zero-order valence-electron chi connectivity index (χ0n) is 14.7. The topological polar surface area (TPSA) is 32.3 Å². The molecule has 0 radical (unpaired) electrons. The quantitative estimate of drug-likeness (QED) is 0.917. The molecule has 3 rings (SSSR count). The first-order valence-electron chi connectivity index (χ1n) is 9.16. The van der Waals surface area contributed by atoms with Gasteiger partial charge in [-0.3, -0.25) is 9.69 Å². The van der Waals surface area contributed by atoms with Crippen LogP contribution in [0.25, 0.3) is 0 Å². The Morgan fingerprint density at radius 1 is 1.17 bits per heavy atom. The number of hydrogen-bond donors (Lipinski definition) is 1. The summed E-state index contributed by atoms with van der Waals surface area (Å²) in [6.45, 7) is 7.86. The fourth-order valence-electron chi connectivity index (χ4n) is 4.29. The van der Waals surface area contributed by atoms with Crippen LogP contribution in [-0.4, -0.2) is 35.5 Å². The highest BCUT2D eigenvalue weighted by molar-refractivity contribution is 5.94. The molecule has 1 aromatic rings. The molecule has 0 unspecified atom stereocenters. The van der Waals surface area contributed by atoms with Crippen LogP contribution in [0.15, 0.2) is 24.3 Å². The average Bonchev–Trinajstić information content (AvgIpc) is 2.48. The van der Waals surface area contributed by atoms with Gasteiger partial charge in [-0.1, -0.05) is 38.0 Å². The predicted molar refractivity (Wildman–Crippen MR) is 94.6 cm³/mol. The molecule has 2 saturated heterocycles. The highest BCUT2D eigenvalue weighted by atomic mass is 16.1. The van der Waals surface area contributed by atoms with Crippen LogP contribution in [0.1, 0.15) is 61.9 Å². The van der Waals surface area contributed by atoms with Crippen molar-refractivity contribution in [2.45, 2.75) is 71.0 Å². The number of carbonyl (C=O) groups excluding carboxylic acids is 1. The van der Waals surface area contributed by atoms with E-state index in [4.69, 9.17) is 0 Å². The molecule has 3 heteroatoms. The van der Waals surface area contributed by atoms with E-state index in [9.17, 15) is 4.79 Å². The van der Waals surface area contributed by atoms with Gasteiger partial charge in [0.1, 0.15) is 0 Å². The molecule has 2 heterocycles. The minimum atomic E-state index is 0.0883. The Hall–Kier alpha value is -1.35. The number of nitrogens with zero attached hydrogens (tertiary/aromatic N) is 1. The number of piperidine rings is 2. The molecule has 0 saturated carbocycles. The summed E-state index contributed by atoms with van der Waals surface area (Å²) in [5, 5.41) is 3.29. The van der Waals surface area contributed by atoms with Gasteiger partial charge in [-0.2, -0.15) is 0 Å². The molecule has 2 atom stereocenters. The molecule has 0 spiro atoms. The van der Waals surface area contributed by atoms with Gasteiger partial charge in [0.05, 0.1) is 0 Å². The number of aryl methyl sites for hydroxylation is 1. The van der Waals surface area contributed by atoms with Crippen LogP contribution in [0.3, 0.4) is 0 Å². The number of hydrogen-bond acceptors (Lipinski definition) is 2. The zero-order chi connectivity index (χ0) is 16.4. The normalized spacial score (nSPS) is 27.9. The van der Waals surface area contributed by atoms with Crippen molar-refractivity contribution in [2.75, 3.05) is 6.54 Å². The van der Waals surface area contributed by atoms with Gasteiger partial charge in [-0.25, -0.2) is 0 Å². The summed E-state index contributed by atoms with van der Waals surface area (Å²) in [6.07, 6.45) is 6.16. The summed E-state index contributed by atoms with van der Waals surface area (Å²) in [4.78, 5) is 15.2. The van der Waals surface area contributed by atoms with Crippen LogP contribution in [-0.2, 0) is 0 Å². The maximum Gasteiger partial charge on any atom is 0.251 e. The Morgan fingerprint density at radius 3 is 2.35 bits per heavy atom. The molecule has 3 nitrogen and oxygen atoms in total. The molecule has 0 aromatic heterocycles. The van der Waals surface area contributed by atoms with E-state index >= 15 is 0 Å². The number of fused-ring (bicyclic) bond motifs is 2. The van der Waals surface area contributed by atoms with E-state index in [-0.39, 0.29) is 5.91 Å². The van der Waals surface area contributed by atoms with Crippen LogP contribution in [0.4, 0.5) is 0 Å². The SMILES string of the molecule is Cc1ccc(C(=O)NC2C[C@@H]3CCC[C@@H](C2)N3CC(C)C)cc1. The molecule has 1 amide bonds. The summed E-state index contributed by atoms with van der Waals surface area (Å²) < 4.78 is 0. The fourth-order valence-corrected chi connectivity index (χ4v) is 4.29. The molecule has 2 fully saturated rings. The first kappa shape index (κ1) is 16.5. The largest absolute Gasteiger partial charge is 0.349 e. The standard InChI is InChI=1S/C20H30N2O/c1-14(2)13-22-18-5-4-6-19(22)12-17(11-18)21-20(23)16-9-7-15(3)8-10-16/h7-10,14,17-19H,4-6,11-13H2,1-3H3,(H,21,23)/t18-,19-/m0/s1. The molecular formula is C20H30N2O. The van der Waals surface area contributed by atoms with Crippen LogP contribution in [0.2, 0.25) is 0 Å². The monoisotopic (exact) mass is 314 g/mol. The number of benzene rings is 1.